The highest BCUT2D eigenvalue weighted by atomic mass is 35.5. The average molecular weight is 259 g/mol. The predicted molar refractivity (Wildman–Crippen MR) is 73.4 cm³/mol. The van der Waals surface area contributed by atoms with Gasteiger partial charge in [-0.3, -0.25) is 4.90 Å². The maximum absolute atomic E-state index is 3.99. The number of rotatable bonds is 7. The maximum Gasteiger partial charge on any atom is 0.115 e. The van der Waals surface area contributed by atoms with Crippen LogP contribution >= 0.6 is 12.4 Å². The highest BCUT2D eigenvalue weighted by Gasteiger charge is 2.08. The maximum atomic E-state index is 3.99. The molecule has 1 rings (SSSR count). The van der Waals surface area contributed by atoms with Gasteiger partial charge in [-0.05, 0) is 20.0 Å². The van der Waals surface area contributed by atoms with Crippen LogP contribution < -0.4 is 5.32 Å². The normalized spacial score (nSPS) is 12.2. The third kappa shape index (κ3) is 5.96. The molecule has 0 radical (unpaired) electrons. The molecule has 0 aliphatic rings. The standard InChI is InChI=1S/C12H22N4.ClH/c1-4-16(5-2)11(3)6-13-7-12-8-14-10-15-9-12;/h8-11,13H,4-7H2,1-3H3;1H. The summed E-state index contributed by atoms with van der Waals surface area (Å²) >= 11 is 0. The van der Waals surface area contributed by atoms with Gasteiger partial charge < -0.3 is 5.32 Å². The van der Waals surface area contributed by atoms with Gasteiger partial charge in [-0.25, -0.2) is 9.97 Å². The van der Waals surface area contributed by atoms with Crippen LogP contribution in [0.2, 0.25) is 0 Å². The second kappa shape index (κ2) is 9.33. The van der Waals surface area contributed by atoms with E-state index in [1.54, 1.807) is 6.33 Å². The van der Waals surface area contributed by atoms with E-state index in [1.807, 2.05) is 12.4 Å². The van der Waals surface area contributed by atoms with Gasteiger partial charge in [0.15, 0.2) is 0 Å². The Morgan fingerprint density at radius 1 is 1.24 bits per heavy atom. The van der Waals surface area contributed by atoms with Crippen LogP contribution in [0.3, 0.4) is 0 Å². The summed E-state index contributed by atoms with van der Waals surface area (Å²) in [5, 5.41) is 3.43. The minimum Gasteiger partial charge on any atom is -0.311 e. The molecule has 0 spiro atoms. The Morgan fingerprint density at radius 3 is 2.35 bits per heavy atom. The van der Waals surface area contributed by atoms with Gasteiger partial charge in [-0.2, -0.15) is 0 Å². The summed E-state index contributed by atoms with van der Waals surface area (Å²) in [7, 11) is 0. The van der Waals surface area contributed by atoms with Gasteiger partial charge >= 0.3 is 0 Å². The third-order valence-corrected chi connectivity index (χ3v) is 2.82. The second-order valence-electron chi connectivity index (χ2n) is 3.95. The van der Waals surface area contributed by atoms with E-state index in [0.29, 0.717) is 6.04 Å². The number of aromatic nitrogens is 2. The Morgan fingerprint density at radius 2 is 1.82 bits per heavy atom. The summed E-state index contributed by atoms with van der Waals surface area (Å²) in [5.74, 6) is 0. The number of hydrogen-bond donors (Lipinski definition) is 1. The molecular weight excluding hydrogens is 236 g/mol. The van der Waals surface area contributed by atoms with Crippen LogP contribution in [0.15, 0.2) is 18.7 Å². The Bertz CT molecular complexity index is 277. The zero-order valence-corrected chi connectivity index (χ0v) is 11.7. The lowest BCUT2D eigenvalue weighted by atomic mass is 10.2. The lowest BCUT2D eigenvalue weighted by molar-refractivity contribution is 0.225. The van der Waals surface area contributed by atoms with Crippen LogP contribution in [0, 0.1) is 0 Å². The largest absolute Gasteiger partial charge is 0.311 e. The first-order chi connectivity index (χ1) is 7.77. The van der Waals surface area contributed by atoms with Crippen LogP contribution in [0.5, 0.6) is 0 Å². The monoisotopic (exact) mass is 258 g/mol. The van der Waals surface area contributed by atoms with Crippen molar-refractivity contribution in [3.8, 4) is 0 Å². The lowest BCUT2D eigenvalue weighted by Gasteiger charge is -2.26. The molecule has 4 nitrogen and oxygen atoms in total. The van der Waals surface area contributed by atoms with E-state index < -0.39 is 0 Å². The van der Waals surface area contributed by atoms with Crippen LogP contribution in [0.4, 0.5) is 0 Å². The molecule has 1 N–H and O–H groups in total. The molecule has 0 fully saturated rings. The van der Waals surface area contributed by atoms with E-state index in [-0.39, 0.29) is 12.4 Å². The molecular formula is C12H23ClN4. The van der Waals surface area contributed by atoms with E-state index in [1.165, 1.54) is 0 Å². The molecule has 0 bridgehead atoms. The van der Waals surface area contributed by atoms with E-state index in [4.69, 9.17) is 0 Å². The topological polar surface area (TPSA) is 41.0 Å². The first-order valence-corrected chi connectivity index (χ1v) is 5.96. The summed E-state index contributed by atoms with van der Waals surface area (Å²) in [6, 6.07) is 0.569. The van der Waals surface area contributed by atoms with Crippen LogP contribution in [-0.2, 0) is 6.54 Å². The highest BCUT2D eigenvalue weighted by molar-refractivity contribution is 5.85. The Labute approximate surface area is 110 Å². The molecule has 0 saturated heterocycles. The zero-order valence-electron chi connectivity index (χ0n) is 10.9. The molecule has 1 heterocycles. The summed E-state index contributed by atoms with van der Waals surface area (Å²) in [6.45, 7) is 10.7. The van der Waals surface area contributed by atoms with Crippen molar-refractivity contribution in [1.29, 1.82) is 0 Å². The van der Waals surface area contributed by atoms with Gasteiger partial charge in [0.25, 0.3) is 0 Å². The summed E-state index contributed by atoms with van der Waals surface area (Å²) in [5.41, 5.74) is 1.13. The lowest BCUT2D eigenvalue weighted by Crippen LogP contribution is -2.39. The molecule has 1 aromatic heterocycles. The minimum absolute atomic E-state index is 0. The minimum atomic E-state index is 0. The van der Waals surface area contributed by atoms with Gasteiger partial charge in [0.2, 0.25) is 0 Å². The summed E-state index contributed by atoms with van der Waals surface area (Å²) in [6.07, 6.45) is 5.26. The fourth-order valence-corrected chi connectivity index (χ4v) is 1.82. The number of halogens is 1. The van der Waals surface area contributed by atoms with Crippen LogP contribution in [0.1, 0.15) is 26.3 Å². The first-order valence-electron chi connectivity index (χ1n) is 5.96. The Hall–Kier alpha value is -0.710. The second-order valence-corrected chi connectivity index (χ2v) is 3.95. The molecule has 1 atom stereocenters. The fraction of sp³-hybridized carbons (Fsp3) is 0.667. The molecule has 1 aromatic rings. The van der Waals surface area contributed by atoms with Gasteiger partial charge in [0, 0.05) is 37.1 Å². The molecule has 98 valence electrons. The molecule has 17 heavy (non-hydrogen) atoms. The SMILES string of the molecule is CCN(CC)C(C)CNCc1cncnc1.Cl. The molecule has 0 saturated carbocycles. The first kappa shape index (κ1) is 16.3. The van der Waals surface area contributed by atoms with Crippen molar-refractivity contribution in [3.63, 3.8) is 0 Å². The van der Waals surface area contributed by atoms with Gasteiger partial charge in [-0.15, -0.1) is 12.4 Å². The molecule has 0 amide bonds. The van der Waals surface area contributed by atoms with Gasteiger partial charge in [0.1, 0.15) is 6.33 Å². The molecule has 0 aliphatic heterocycles. The molecule has 1 unspecified atom stereocenters. The quantitative estimate of drug-likeness (QED) is 0.809. The van der Waals surface area contributed by atoms with Crippen molar-refractivity contribution >= 4 is 12.4 Å². The van der Waals surface area contributed by atoms with Gasteiger partial charge in [0.05, 0.1) is 0 Å². The third-order valence-electron chi connectivity index (χ3n) is 2.82. The summed E-state index contributed by atoms with van der Waals surface area (Å²) < 4.78 is 0. The predicted octanol–water partition coefficient (Wildman–Crippen LogP) is 1.72. The van der Waals surface area contributed by atoms with E-state index in [0.717, 1.165) is 31.7 Å². The summed E-state index contributed by atoms with van der Waals surface area (Å²) in [4.78, 5) is 10.4. The number of likely N-dealkylation sites (N-methyl/N-ethyl adjacent to an activating group) is 1. The van der Waals surface area contributed by atoms with Crippen LogP contribution in [-0.4, -0.2) is 40.5 Å². The Kier molecular flexibility index (Phi) is 8.94. The smallest absolute Gasteiger partial charge is 0.115 e. The molecule has 0 aliphatic carbocycles. The van der Waals surface area contributed by atoms with Crippen LogP contribution in [0.25, 0.3) is 0 Å². The zero-order chi connectivity index (χ0) is 11.8. The van der Waals surface area contributed by atoms with Crippen molar-refractivity contribution in [2.75, 3.05) is 19.6 Å². The van der Waals surface area contributed by atoms with Crippen molar-refractivity contribution in [3.05, 3.63) is 24.3 Å². The van der Waals surface area contributed by atoms with Gasteiger partial charge in [-0.1, -0.05) is 13.8 Å². The number of hydrogen-bond acceptors (Lipinski definition) is 4. The fourth-order valence-electron chi connectivity index (χ4n) is 1.82. The van der Waals surface area contributed by atoms with Crippen molar-refractivity contribution < 1.29 is 0 Å². The van der Waals surface area contributed by atoms with Crippen molar-refractivity contribution in [2.24, 2.45) is 0 Å². The van der Waals surface area contributed by atoms with E-state index >= 15 is 0 Å². The highest BCUT2D eigenvalue weighted by Crippen LogP contribution is 1.97. The molecule has 5 heteroatoms. The average Bonchev–Trinajstić information content (AvgIpc) is 2.32. The number of nitrogens with one attached hydrogen (secondary N) is 1. The van der Waals surface area contributed by atoms with E-state index in [2.05, 4.69) is 41.0 Å². The van der Waals surface area contributed by atoms with Crippen molar-refractivity contribution in [2.45, 2.75) is 33.4 Å². The molecule has 0 aromatic carbocycles. The van der Waals surface area contributed by atoms with E-state index in [9.17, 15) is 0 Å². The number of nitrogens with zero attached hydrogens (tertiary/aromatic N) is 3. The van der Waals surface area contributed by atoms with Crippen molar-refractivity contribution in [1.82, 2.24) is 20.2 Å². The Balaban J connectivity index is 0.00000256.